The van der Waals surface area contributed by atoms with Crippen molar-refractivity contribution in [1.29, 1.82) is 5.41 Å². The Hall–Kier alpha value is -0.610. The molecule has 0 aliphatic carbocycles. The van der Waals surface area contributed by atoms with Gasteiger partial charge in [-0.3, -0.25) is 5.41 Å². The second-order valence-electron chi connectivity index (χ2n) is 4.67. The zero-order chi connectivity index (χ0) is 10.7. The van der Waals surface area contributed by atoms with Gasteiger partial charge in [0.15, 0.2) is 0 Å². The van der Waals surface area contributed by atoms with Gasteiger partial charge < -0.3 is 15.4 Å². The normalized spacial score (nSPS) is 29.5. The van der Waals surface area contributed by atoms with Crippen LogP contribution in [-0.4, -0.2) is 43.1 Å². The van der Waals surface area contributed by atoms with Crippen LogP contribution in [0, 0.1) is 11.3 Å². The van der Waals surface area contributed by atoms with Crippen LogP contribution in [0.25, 0.3) is 0 Å². The van der Waals surface area contributed by atoms with E-state index in [0.717, 1.165) is 39.1 Å². The van der Waals surface area contributed by atoms with Crippen molar-refractivity contribution in [2.24, 2.45) is 11.7 Å². The lowest BCUT2D eigenvalue weighted by Gasteiger charge is -2.32. The van der Waals surface area contributed by atoms with Crippen molar-refractivity contribution in [2.45, 2.75) is 31.8 Å². The van der Waals surface area contributed by atoms with Crippen LogP contribution in [0.1, 0.15) is 25.7 Å². The van der Waals surface area contributed by atoms with Gasteiger partial charge in [0.25, 0.3) is 0 Å². The van der Waals surface area contributed by atoms with Crippen LogP contribution in [-0.2, 0) is 4.74 Å². The number of nitrogens with two attached hydrogens (primary N) is 1. The van der Waals surface area contributed by atoms with Crippen LogP contribution in [0.3, 0.4) is 0 Å². The first-order valence-electron chi connectivity index (χ1n) is 5.93. The summed E-state index contributed by atoms with van der Waals surface area (Å²) in [5.41, 5.74) is 5.52. The fourth-order valence-electron chi connectivity index (χ4n) is 2.50. The van der Waals surface area contributed by atoms with E-state index in [-0.39, 0.29) is 0 Å². The Balaban J connectivity index is 1.71. The highest BCUT2D eigenvalue weighted by Crippen LogP contribution is 2.19. The number of amidine groups is 1. The maximum absolute atomic E-state index is 7.41. The first-order valence-corrected chi connectivity index (χ1v) is 5.93. The summed E-state index contributed by atoms with van der Waals surface area (Å²) in [6.45, 7) is 4.16. The Morgan fingerprint density at radius 1 is 1.33 bits per heavy atom. The largest absolute Gasteiger partial charge is 0.387 e. The highest BCUT2D eigenvalue weighted by Gasteiger charge is 2.24. The van der Waals surface area contributed by atoms with Gasteiger partial charge in [-0.2, -0.15) is 0 Å². The summed E-state index contributed by atoms with van der Waals surface area (Å²) in [7, 11) is 0. The fourth-order valence-corrected chi connectivity index (χ4v) is 2.50. The molecule has 2 aliphatic heterocycles. The van der Waals surface area contributed by atoms with Crippen LogP contribution in [0.2, 0.25) is 0 Å². The molecule has 86 valence electrons. The van der Waals surface area contributed by atoms with Crippen molar-refractivity contribution in [3.8, 4) is 0 Å². The minimum absolute atomic E-state index is 0.325. The van der Waals surface area contributed by atoms with E-state index in [4.69, 9.17) is 15.9 Å². The summed E-state index contributed by atoms with van der Waals surface area (Å²) in [6.07, 6.45) is 4.98. The van der Waals surface area contributed by atoms with Gasteiger partial charge in [0.1, 0.15) is 0 Å². The van der Waals surface area contributed by atoms with Crippen LogP contribution in [0.4, 0.5) is 0 Å². The molecular weight excluding hydrogens is 190 g/mol. The Morgan fingerprint density at radius 2 is 2.07 bits per heavy atom. The molecule has 0 bridgehead atoms. The van der Waals surface area contributed by atoms with Crippen molar-refractivity contribution < 1.29 is 4.74 Å². The molecule has 0 saturated carbocycles. The van der Waals surface area contributed by atoms with E-state index in [1.165, 1.54) is 12.8 Å². The molecule has 2 saturated heterocycles. The van der Waals surface area contributed by atoms with Gasteiger partial charge in [-0.15, -0.1) is 0 Å². The Labute approximate surface area is 91.3 Å². The van der Waals surface area contributed by atoms with E-state index >= 15 is 0 Å². The topological polar surface area (TPSA) is 62.3 Å². The molecule has 2 fully saturated rings. The lowest BCUT2D eigenvalue weighted by atomic mass is 9.95. The van der Waals surface area contributed by atoms with E-state index in [1.54, 1.807) is 0 Å². The van der Waals surface area contributed by atoms with Gasteiger partial charge in [0.05, 0.1) is 11.9 Å². The average Bonchev–Trinajstić information content (AvgIpc) is 2.71. The lowest BCUT2D eigenvalue weighted by molar-refractivity contribution is 0.0637. The molecule has 4 heteroatoms. The maximum atomic E-state index is 7.41. The average molecular weight is 211 g/mol. The molecular formula is C11H21N3O. The number of likely N-dealkylation sites (tertiary alicyclic amines) is 1. The minimum atomic E-state index is 0.325. The van der Waals surface area contributed by atoms with Crippen LogP contribution < -0.4 is 5.73 Å². The third-order valence-electron chi connectivity index (χ3n) is 3.51. The number of ether oxygens (including phenoxy) is 1. The second-order valence-corrected chi connectivity index (χ2v) is 4.67. The highest BCUT2D eigenvalue weighted by molar-refractivity contribution is 5.79. The molecule has 0 aromatic carbocycles. The molecule has 1 unspecified atom stereocenters. The molecule has 2 rings (SSSR count). The van der Waals surface area contributed by atoms with Crippen molar-refractivity contribution in [1.82, 2.24) is 4.90 Å². The number of nitrogens with zero attached hydrogens (tertiary/aromatic N) is 1. The first-order chi connectivity index (χ1) is 7.25. The predicted octanol–water partition coefficient (Wildman–Crippen LogP) is 0.813. The second kappa shape index (κ2) is 4.94. The summed E-state index contributed by atoms with van der Waals surface area (Å²) < 4.78 is 5.62. The van der Waals surface area contributed by atoms with Gasteiger partial charge >= 0.3 is 0 Å². The molecule has 1 atom stereocenters. The van der Waals surface area contributed by atoms with Crippen LogP contribution >= 0.6 is 0 Å². The fraction of sp³-hybridized carbons (Fsp3) is 0.909. The number of hydrogen-bond donors (Lipinski definition) is 2. The summed E-state index contributed by atoms with van der Waals surface area (Å²) >= 11 is 0. The monoisotopic (exact) mass is 211 g/mol. The van der Waals surface area contributed by atoms with E-state index in [2.05, 4.69) is 4.90 Å². The Morgan fingerprint density at radius 3 is 2.60 bits per heavy atom. The smallest absolute Gasteiger partial charge is 0.0937 e. The van der Waals surface area contributed by atoms with Gasteiger partial charge in [0.2, 0.25) is 0 Å². The van der Waals surface area contributed by atoms with Gasteiger partial charge in [-0.05, 0) is 38.8 Å². The van der Waals surface area contributed by atoms with Gasteiger partial charge in [-0.25, -0.2) is 0 Å². The molecule has 0 amide bonds. The minimum Gasteiger partial charge on any atom is -0.387 e. The molecule has 15 heavy (non-hydrogen) atoms. The summed E-state index contributed by atoms with van der Waals surface area (Å²) in [6, 6.07) is 0. The molecule has 0 radical (unpaired) electrons. The van der Waals surface area contributed by atoms with E-state index in [1.807, 2.05) is 0 Å². The predicted molar refractivity (Wildman–Crippen MR) is 60.1 cm³/mol. The molecule has 0 aromatic heterocycles. The third kappa shape index (κ3) is 2.92. The lowest BCUT2D eigenvalue weighted by Crippen LogP contribution is -2.41. The zero-order valence-electron chi connectivity index (χ0n) is 9.24. The first kappa shape index (κ1) is 10.9. The summed E-state index contributed by atoms with van der Waals surface area (Å²) in [5, 5.41) is 7.41. The number of nitrogens with one attached hydrogen (secondary N) is 1. The van der Waals surface area contributed by atoms with Crippen molar-refractivity contribution in [2.75, 3.05) is 26.2 Å². The van der Waals surface area contributed by atoms with Crippen LogP contribution in [0.5, 0.6) is 0 Å². The quantitative estimate of drug-likeness (QED) is 0.536. The molecule has 2 aliphatic rings. The number of piperidine rings is 1. The SMILES string of the molecule is N=C(N)C1CCN(CC2CCCO2)CC1. The maximum Gasteiger partial charge on any atom is 0.0937 e. The number of rotatable bonds is 3. The van der Waals surface area contributed by atoms with Crippen LogP contribution in [0.15, 0.2) is 0 Å². The van der Waals surface area contributed by atoms with E-state index in [9.17, 15) is 0 Å². The van der Waals surface area contributed by atoms with Crippen molar-refractivity contribution in [3.63, 3.8) is 0 Å². The Bertz CT molecular complexity index is 218. The van der Waals surface area contributed by atoms with Gasteiger partial charge in [-0.1, -0.05) is 0 Å². The molecule has 4 nitrogen and oxygen atoms in total. The van der Waals surface area contributed by atoms with E-state index in [0.29, 0.717) is 17.9 Å². The summed E-state index contributed by atoms with van der Waals surface area (Å²) in [5.74, 6) is 0.692. The summed E-state index contributed by atoms with van der Waals surface area (Å²) in [4.78, 5) is 2.45. The van der Waals surface area contributed by atoms with Crippen molar-refractivity contribution >= 4 is 5.84 Å². The zero-order valence-corrected chi connectivity index (χ0v) is 9.24. The van der Waals surface area contributed by atoms with Crippen molar-refractivity contribution in [3.05, 3.63) is 0 Å². The molecule has 0 aromatic rings. The third-order valence-corrected chi connectivity index (χ3v) is 3.51. The molecule has 3 N–H and O–H groups in total. The van der Waals surface area contributed by atoms with E-state index < -0.39 is 0 Å². The molecule has 2 heterocycles. The highest BCUT2D eigenvalue weighted by atomic mass is 16.5. The molecule has 0 spiro atoms. The number of hydrogen-bond acceptors (Lipinski definition) is 3. The van der Waals surface area contributed by atoms with Gasteiger partial charge in [0, 0.05) is 19.1 Å². The Kier molecular flexibility index (Phi) is 3.59. The standard InChI is InChI=1S/C11H21N3O/c12-11(13)9-3-5-14(6-4-9)8-10-2-1-7-15-10/h9-10H,1-8H2,(H3,12,13).